The summed E-state index contributed by atoms with van der Waals surface area (Å²) in [7, 11) is 0. The van der Waals surface area contributed by atoms with Crippen molar-refractivity contribution in [1.29, 1.82) is 0 Å². The predicted octanol–water partition coefficient (Wildman–Crippen LogP) is 0.272. The van der Waals surface area contributed by atoms with Crippen LogP contribution in [0.2, 0.25) is 0 Å². The summed E-state index contributed by atoms with van der Waals surface area (Å²) in [5.74, 6) is 0.858. The number of aromatic nitrogens is 1. The zero-order chi connectivity index (χ0) is 11.4. The van der Waals surface area contributed by atoms with Gasteiger partial charge in [0.05, 0.1) is 6.67 Å². The molecule has 0 bridgehead atoms. The molecule has 1 unspecified atom stereocenters. The molecule has 0 aliphatic carbocycles. The van der Waals surface area contributed by atoms with Gasteiger partial charge >= 0.3 is 6.03 Å². The first-order valence-electron chi connectivity index (χ1n) is 5.28. The number of rotatable bonds is 0. The molecule has 3 aliphatic rings. The lowest BCUT2D eigenvalue weighted by Gasteiger charge is -2.28. The first-order chi connectivity index (χ1) is 8.34. The highest BCUT2D eigenvalue weighted by Crippen LogP contribution is 2.46. The molecule has 0 spiro atoms. The lowest BCUT2D eigenvalue weighted by atomic mass is 10.1. The van der Waals surface area contributed by atoms with Gasteiger partial charge in [0.1, 0.15) is 11.2 Å². The van der Waals surface area contributed by atoms with Crippen molar-refractivity contribution in [2.24, 2.45) is 0 Å². The largest absolute Gasteiger partial charge is 0.356 e. The van der Waals surface area contributed by atoms with Crippen LogP contribution in [-0.4, -0.2) is 28.1 Å². The Morgan fingerprint density at radius 1 is 1.53 bits per heavy atom. The summed E-state index contributed by atoms with van der Waals surface area (Å²) in [4.78, 5) is 17.0. The maximum absolute atomic E-state index is 11.8. The average Bonchev–Trinajstić information content (AvgIpc) is 2.90. The average molecular weight is 247 g/mol. The summed E-state index contributed by atoms with van der Waals surface area (Å²) in [5, 5.41) is 7.68. The number of nitrogens with zero attached hydrogens (tertiary/aromatic N) is 2. The Morgan fingerprint density at radius 2 is 2.47 bits per heavy atom. The second-order valence-corrected chi connectivity index (χ2v) is 5.08. The van der Waals surface area contributed by atoms with Gasteiger partial charge in [0, 0.05) is 28.4 Å². The number of pyridine rings is 1. The molecular formula is C10H9N5OS. The lowest BCUT2D eigenvalue weighted by Crippen LogP contribution is -2.50. The maximum atomic E-state index is 11.8. The molecule has 2 amide bonds. The van der Waals surface area contributed by atoms with E-state index in [0.717, 1.165) is 21.9 Å². The summed E-state index contributed by atoms with van der Waals surface area (Å²) < 4.78 is 0. The van der Waals surface area contributed by atoms with Crippen molar-refractivity contribution >= 4 is 23.4 Å². The quantitative estimate of drug-likeness (QED) is 0.614. The molecule has 1 aromatic heterocycles. The molecule has 3 N–H and O–H groups in total. The molecule has 6 nitrogen and oxygen atoms in total. The standard InChI is InChI=1S/C10H9N5OS/c16-10-14-9-7(8-12-4-13-15(8)10)5-1-2-11-3-6(5)17-9/h1-3,9,12-13H,4H2,(H,14,16). The minimum atomic E-state index is -0.119. The van der Waals surface area contributed by atoms with Gasteiger partial charge in [-0.15, -0.1) is 0 Å². The van der Waals surface area contributed by atoms with Gasteiger partial charge < -0.3 is 10.6 Å². The highest BCUT2D eigenvalue weighted by Gasteiger charge is 2.41. The molecule has 1 saturated heterocycles. The first-order valence-corrected chi connectivity index (χ1v) is 6.16. The number of amides is 2. The van der Waals surface area contributed by atoms with Crippen LogP contribution in [0.5, 0.6) is 0 Å². The lowest BCUT2D eigenvalue weighted by molar-refractivity contribution is 0.200. The molecule has 4 heterocycles. The van der Waals surface area contributed by atoms with E-state index in [1.807, 2.05) is 12.3 Å². The van der Waals surface area contributed by atoms with E-state index in [2.05, 4.69) is 21.0 Å². The fourth-order valence-electron chi connectivity index (χ4n) is 2.30. The van der Waals surface area contributed by atoms with Gasteiger partial charge in [0.15, 0.2) is 0 Å². The van der Waals surface area contributed by atoms with Crippen LogP contribution >= 0.6 is 11.8 Å². The van der Waals surface area contributed by atoms with E-state index in [1.165, 1.54) is 5.01 Å². The molecule has 0 radical (unpaired) electrons. The Balaban J connectivity index is 1.95. The number of carbonyl (C=O) groups is 1. The van der Waals surface area contributed by atoms with Crippen LogP contribution in [0.15, 0.2) is 29.2 Å². The predicted molar refractivity (Wildman–Crippen MR) is 62.3 cm³/mol. The van der Waals surface area contributed by atoms with Gasteiger partial charge in [0.2, 0.25) is 0 Å². The van der Waals surface area contributed by atoms with Crippen molar-refractivity contribution in [1.82, 2.24) is 26.1 Å². The molecule has 1 atom stereocenters. The van der Waals surface area contributed by atoms with E-state index >= 15 is 0 Å². The Morgan fingerprint density at radius 3 is 3.41 bits per heavy atom. The normalized spacial score (nSPS) is 25.1. The Kier molecular flexibility index (Phi) is 1.72. The molecule has 0 aromatic carbocycles. The summed E-state index contributed by atoms with van der Waals surface area (Å²) >= 11 is 1.63. The van der Waals surface area contributed by atoms with Crippen molar-refractivity contribution < 1.29 is 4.79 Å². The zero-order valence-corrected chi connectivity index (χ0v) is 9.54. The van der Waals surface area contributed by atoms with E-state index < -0.39 is 0 Å². The first kappa shape index (κ1) is 9.32. The Bertz CT molecular complexity index is 557. The topological polar surface area (TPSA) is 69.3 Å². The smallest absolute Gasteiger partial charge is 0.339 e. The number of urea groups is 1. The molecule has 4 rings (SSSR count). The van der Waals surface area contributed by atoms with Crippen molar-refractivity contribution in [3.05, 3.63) is 29.8 Å². The van der Waals surface area contributed by atoms with E-state index in [4.69, 9.17) is 0 Å². The third-order valence-electron chi connectivity index (χ3n) is 3.01. The van der Waals surface area contributed by atoms with E-state index in [0.29, 0.717) is 6.67 Å². The minimum Gasteiger partial charge on any atom is -0.356 e. The molecule has 7 heteroatoms. The number of hydrogen-bond donors (Lipinski definition) is 3. The van der Waals surface area contributed by atoms with E-state index in [-0.39, 0.29) is 11.4 Å². The highest BCUT2D eigenvalue weighted by molar-refractivity contribution is 8.00. The van der Waals surface area contributed by atoms with Gasteiger partial charge in [0.25, 0.3) is 0 Å². The van der Waals surface area contributed by atoms with Crippen LogP contribution in [-0.2, 0) is 0 Å². The van der Waals surface area contributed by atoms with Gasteiger partial charge in [-0.3, -0.25) is 4.98 Å². The van der Waals surface area contributed by atoms with Gasteiger partial charge in [-0.05, 0) is 6.07 Å². The van der Waals surface area contributed by atoms with Crippen LogP contribution in [0.25, 0.3) is 5.57 Å². The second-order valence-electron chi connectivity index (χ2n) is 3.93. The van der Waals surface area contributed by atoms with Gasteiger partial charge in [-0.1, -0.05) is 11.8 Å². The number of nitrogens with one attached hydrogen (secondary N) is 3. The highest BCUT2D eigenvalue weighted by atomic mass is 32.2. The van der Waals surface area contributed by atoms with Gasteiger partial charge in [-0.2, -0.15) is 0 Å². The summed E-state index contributed by atoms with van der Waals surface area (Å²) in [6.07, 6.45) is 3.61. The number of hydrogen-bond acceptors (Lipinski definition) is 5. The molecule has 86 valence electrons. The van der Waals surface area contributed by atoms with Crippen LogP contribution in [0.4, 0.5) is 4.79 Å². The fraction of sp³-hybridized carbons (Fsp3) is 0.200. The molecule has 0 saturated carbocycles. The molecule has 3 aliphatic heterocycles. The SMILES string of the molecule is O=C1NC2Sc3cnccc3C2=C2NCNN12. The Labute approximate surface area is 101 Å². The summed E-state index contributed by atoms with van der Waals surface area (Å²) in [6, 6.07) is 1.87. The molecule has 1 fully saturated rings. The molecule has 1 aromatic rings. The van der Waals surface area contributed by atoms with Gasteiger partial charge in [-0.25, -0.2) is 15.2 Å². The van der Waals surface area contributed by atoms with Crippen LogP contribution in [0, 0.1) is 0 Å². The number of fused-ring (bicyclic) bond motifs is 4. The molecule has 17 heavy (non-hydrogen) atoms. The number of hydrazine groups is 1. The maximum Gasteiger partial charge on any atom is 0.339 e. The van der Waals surface area contributed by atoms with E-state index in [1.54, 1.807) is 18.0 Å². The van der Waals surface area contributed by atoms with Crippen molar-refractivity contribution in [2.45, 2.75) is 10.3 Å². The number of thioether (sulfide) groups is 1. The third kappa shape index (κ3) is 1.15. The molecular weight excluding hydrogens is 238 g/mol. The van der Waals surface area contributed by atoms with Crippen LogP contribution < -0.4 is 16.1 Å². The van der Waals surface area contributed by atoms with Crippen molar-refractivity contribution in [3.8, 4) is 0 Å². The fourth-order valence-corrected chi connectivity index (χ4v) is 3.50. The minimum absolute atomic E-state index is 0.0136. The van der Waals surface area contributed by atoms with E-state index in [9.17, 15) is 4.79 Å². The summed E-state index contributed by atoms with van der Waals surface area (Å²) in [6.45, 7) is 0.573. The zero-order valence-electron chi connectivity index (χ0n) is 8.73. The number of carbonyl (C=O) groups excluding carboxylic acids is 1. The van der Waals surface area contributed by atoms with Crippen LogP contribution in [0.3, 0.4) is 0 Å². The third-order valence-corrected chi connectivity index (χ3v) is 4.18. The monoisotopic (exact) mass is 247 g/mol. The van der Waals surface area contributed by atoms with Crippen molar-refractivity contribution in [2.75, 3.05) is 6.67 Å². The van der Waals surface area contributed by atoms with Crippen molar-refractivity contribution in [3.63, 3.8) is 0 Å². The Hall–Kier alpha value is -1.73. The second kappa shape index (κ2) is 3.14. The van der Waals surface area contributed by atoms with Crippen LogP contribution in [0.1, 0.15) is 5.56 Å². The summed E-state index contributed by atoms with van der Waals surface area (Å²) in [5.41, 5.74) is 5.25.